The van der Waals surface area contributed by atoms with Gasteiger partial charge in [-0.2, -0.15) is 4.98 Å². The van der Waals surface area contributed by atoms with E-state index in [1.165, 1.54) is 44.1 Å². The first kappa shape index (κ1) is 23.1. The Bertz CT molecular complexity index is 2200. The van der Waals surface area contributed by atoms with Gasteiger partial charge in [0.1, 0.15) is 6.61 Å². The van der Waals surface area contributed by atoms with Crippen molar-refractivity contribution in [2.75, 3.05) is 0 Å². The highest BCUT2D eigenvalue weighted by molar-refractivity contribution is 6.11. The van der Waals surface area contributed by atoms with Crippen LogP contribution in [-0.2, 0) is 6.61 Å². The predicted molar refractivity (Wildman–Crippen MR) is 171 cm³/mol. The minimum atomic E-state index is 0.534. The third-order valence-corrected chi connectivity index (χ3v) is 8.43. The molecule has 3 heterocycles. The summed E-state index contributed by atoms with van der Waals surface area (Å²) in [7, 11) is 0. The summed E-state index contributed by atoms with van der Waals surface area (Å²) in [6, 6.07) is 50.4. The first-order chi connectivity index (χ1) is 20.8. The first-order valence-electron chi connectivity index (χ1n) is 14.2. The van der Waals surface area contributed by atoms with Gasteiger partial charge in [0.05, 0.1) is 27.8 Å². The van der Waals surface area contributed by atoms with Crippen LogP contribution in [0.4, 0.5) is 0 Å². The van der Waals surface area contributed by atoms with E-state index in [0.29, 0.717) is 12.6 Å². The summed E-state index contributed by atoms with van der Waals surface area (Å²) < 4.78 is 10.6. The fourth-order valence-corrected chi connectivity index (χ4v) is 6.43. The second-order valence-electron chi connectivity index (χ2n) is 10.9. The fourth-order valence-electron chi connectivity index (χ4n) is 6.43. The van der Waals surface area contributed by atoms with Gasteiger partial charge in [-0.15, -0.1) is 0 Å². The average Bonchev–Trinajstić information content (AvgIpc) is 3.60. The largest absolute Gasteiger partial charge is 0.459 e. The molecule has 0 saturated carbocycles. The summed E-state index contributed by atoms with van der Waals surface area (Å²) >= 11 is 0. The maximum absolute atomic E-state index is 6.06. The fraction of sp³-hybridized carbons (Fsp3) is 0.0263. The summed E-state index contributed by atoms with van der Waals surface area (Å²) in [5, 5.41) is 2.46. The predicted octanol–water partition coefficient (Wildman–Crippen LogP) is 9.35. The van der Waals surface area contributed by atoms with E-state index >= 15 is 0 Å². The van der Waals surface area contributed by atoms with Gasteiger partial charge >= 0.3 is 6.01 Å². The van der Waals surface area contributed by atoms with Crippen molar-refractivity contribution in [3.8, 4) is 39.6 Å². The van der Waals surface area contributed by atoms with Crippen molar-refractivity contribution in [2.24, 2.45) is 0 Å². The Kier molecular flexibility index (Phi) is 4.93. The van der Waals surface area contributed by atoms with E-state index in [2.05, 4.69) is 149 Å². The zero-order chi connectivity index (χ0) is 27.6. The Labute approximate surface area is 242 Å². The van der Waals surface area contributed by atoms with Crippen molar-refractivity contribution in [2.45, 2.75) is 6.61 Å². The minimum absolute atomic E-state index is 0.534. The van der Waals surface area contributed by atoms with Gasteiger partial charge in [-0.05, 0) is 70.8 Å². The summed E-state index contributed by atoms with van der Waals surface area (Å²) in [5.41, 5.74) is 12.5. The molecule has 0 amide bonds. The summed E-state index contributed by atoms with van der Waals surface area (Å²) in [6.45, 7) is 0.534. The van der Waals surface area contributed by atoms with Crippen LogP contribution in [0.3, 0.4) is 0 Å². The quantitative estimate of drug-likeness (QED) is 0.224. The van der Waals surface area contributed by atoms with E-state index < -0.39 is 0 Å². The van der Waals surface area contributed by atoms with Crippen LogP contribution in [0.5, 0.6) is 6.01 Å². The molecule has 0 saturated heterocycles. The molecule has 4 heteroatoms. The molecule has 0 radical (unpaired) electrons. The highest BCUT2D eigenvalue weighted by atomic mass is 16.5. The van der Waals surface area contributed by atoms with Crippen molar-refractivity contribution in [1.29, 1.82) is 0 Å². The van der Waals surface area contributed by atoms with E-state index in [1.807, 2.05) is 0 Å². The SMILES string of the molecule is c1ccc(-c2ccc3c(c2)c2cc(-c4ccccc4)ccc2n3-c2ccc3nc4n(c3c2)-c2ccccc2CO4)cc1. The molecule has 0 fully saturated rings. The van der Waals surface area contributed by atoms with Gasteiger partial charge in [0, 0.05) is 22.0 Å². The van der Waals surface area contributed by atoms with E-state index in [1.54, 1.807) is 0 Å². The summed E-state index contributed by atoms with van der Waals surface area (Å²) in [6.07, 6.45) is 0. The lowest BCUT2D eigenvalue weighted by Crippen LogP contribution is -2.12. The van der Waals surface area contributed by atoms with Gasteiger partial charge in [0.25, 0.3) is 0 Å². The molecular weight excluding hydrogens is 514 g/mol. The molecular formula is C38H25N3O. The molecule has 4 nitrogen and oxygen atoms in total. The second-order valence-corrected chi connectivity index (χ2v) is 10.9. The average molecular weight is 540 g/mol. The Morgan fingerprint density at radius 3 is 1.79 bits per heavy atom. The van der Waals surface area contributed by atoms with E-state index in [0.717, 1.165) is 28.0 Å². The molecule has 1 aliphatic heterocycles. The van der Waals surface area contributed by atoms with Gasteiger partial charge in [-0.1, -0.05) is 91.0 Å². The standard InChI is InChI=1S/C38H25N3O/c1-3-9-25(10-4-1)27-15-19-35-31(21-27)32-22-28(26-11-5-2-6-12-26)16-20-36(32)40(35)30-17-18-33-37(23-30)41-34-14-8-7-13-29(34)24-42-38(41)39-33/h1-23H,24H2. The summed E-state index contributed by atoms with van der Waals surface area (Å²) in [5.74, 6) is 0. The smallest absolute Gasteiger partial charge is 0.302 e. The molecule has 6 aromatic carbocycles. The molecule has 0 N–H and O–H groups in total. The normalized spacial score (nSPS) is 12.4. The number of imidazole rings is 1. The van der Waals surface area contributed by atoms with Crippen LogP contribution in [-0.4, -0.2) is 14.1 Å². The topological polar surface area (TPSA) is 32.0 Å². The molecule has 198 valence electrons. The van der Waals surface area contributed by atoms with Crippen LogP contribution in [0.2, 0.25) is 0 Å². The molecule has 0 atom stereocenters. The van der Waals surface area contributed by atoms with E-state index in [9.17, 15) is 0 Å². The third-order valence-electron chi connectivity index (χ3n) is 8.43. The maximum Gasteiger partial charge on any atom is 0.302 e. The molecule has 42 heavy (non-hydrogen) atoms. The molecule has 0 unspecified atom stereocenters. The Hall–Kier alpha value is -5.61. The molecule has 0 aliphatic carbocycles. The maximum atomic E-state index is 6.06. The van der Waals surface area contributed by atoms with E-state index in [-0.39, 0.29) is 0 Å². The molecule has 0 bridgehead atoms. The third kappa shape index (κ3) is 3.45. The van der Waals surface area contributed by atoms with Crippen molar-refractivity contribution in [3.05, 3.63) is 145 Å². The second kappa shape index (κ2) is 8.95. The van der Waals surface area contributed by atoms with E-state index in [4.69, 9.17) is 9.72 Å². The number of hydrogen-bond acceptors (Lipinski definition) is 2. The number of benzene rings is 6. The molecule has 9 rings (SSSR count). The minimum Gasteiger partial charge on any atom is -0.459 e. The van der Waals surface area contributed by atoms with Gasteiger partial charge < -0.3 is 9.30 Å². The number of aromatic nitrogens is 3. The Balaban J connectivity index is 1.31. The van der Waals surface area contributed by atoms with Gasteiger partial charge in [-0.3, -0.25) is 4.57 Å². The molecule has 1 aliphatic rings. The van der Waals surface area contributed by atoms with Gasteiger partial charge in [0.2, 0.25) is 0 Å². The Morgan fingerprint density at radius 1 is 0.500 bits per heavy atom. The van der Waals surface area contributed by atoms with Crippen LogP contribution in [0, 0.1) is 0 Å². The Morgan fingerprint density at radius 2 is 1.12 bits per heavy atom. The van der Waals surface area contributed by atoms with Crippen LogP contribution < -0.4 is 4.74 Å². The highest BCUT2D eigenvalue weighted by Gasteiger charge is 2.22. The first-order valence-corrected chi connectivity index (χ1v) is 14.2. The van der Waals surface area contributed by atoms with Crippen molar-refractivity contribution in [1.82, 2.24) is 14.1 Å². The van der Waals surface area contributed by atoms with Crippen LogP contribution >= 0.6 is 0 Å². The number of hydrogen-bond donors (Lipinski definition) is 0. The van der Waals surface area contributed by atoms with Crippen molar-refractivity contribution < 1.29 is 4.74 Å². The summed E-state index contributed by atoms with van der Waals surface area (Å²) in [4.78, 5) is 4.82. The lowest BCUT2D eigenvalue weighted by atomic mass is 10.0. The zero-order valence-electron chi connectivity index (χ0n) is 22.7. The molecule has 8 aromatic rings. The van der Waals surface area contributed by atoms with Crippen LogP contribution in [0.1, 0.15) is 5.56 Å². The molecule has 0 spiro atoms. The zero-order valence-corrected chi connectivity index (χ0v) is 22.7. The number of nitrogens with zero attached hydrogens (tertiary/aromatic N) is 3. The monoisotopic (exact) mass is 539 g/mol. The number of para-hydroxylation sites is 1. The van der Waals surface area contributed by atoms with Crippen molar-refractivity contribution in [3.63, 3.8) is 0 Å². The number of ether oxygens (including phenoxy) is 1. The van der Waals surface area contributed by atoms with Crippen molar-refractivity contribution >= 4 is 32.8 Å². The van der Waals surface area contributed by atoms with Gasteiger partial charge in [-0.25, -0.2) is 0 Å². The highest BCUT2D eigenvalue weighted by Crippen LogP contribution is 2.39. The number of rotatable bonds is 3. The van der Waals surface area contributed by atoms with Gasteiger partial charge in [0.15, 0.2) is 0 Å². The lowest BCUT2D eigenvalue weighted by molar-refractivity contribution is 0.265. The molecule has 2 aromatic heterocycles. The lowest BCUT2D eigenvalue weighted by Gasteiger charge is -2.19. The number of fused-ring (bicyclic) bond motifs is 8. The van der Waals surface area contributed by atoms with Crippen LogP contribution in [0.25, 0.3) is 66.5 Å². The van der Waals surface area contributed by atoms with Crippen LogP contribution in [0.15, 0.2) is 140 Å².